The van der Waals surface area contributed by atoms with Crippen molar-refractivity contribution >= 4 is 5.91 Å². The van der Waals surface area contributed by atoms with Crippen LogP contribution in [0.1, 0.15) is 49.9 Å². The number of carbonyl (C=O) groups is 1. The minimum absolute atomic E-state index is 0.212. The second-order valence-corrected chi connectivity index (χ2v) is 7.81. The zero-order chi connectivity index (χ0) is 18.6. The molecular weight excluding hydrogens is 338 g/mol. The normalized spacial score (nSPS) is 19.9. The molecule has 0 radical (unpaired) electrons. The molecule has 2 aromatic rings. The third-order valence-electron chi connectivity index (χ3n) is 5.63. The van der Waals surface area contributed by atoms with E-state index in [9.17, 15) is 4.79 Å². The van der Waals surface area contributed by atoms with Gasteiger partial charge in [-0.1, -0.05) is 12.1 Å². The lowest BCUT2D eigenvalue weighted by Gasteiger charge is -2.33. The number of hydrogen-bond acceptors (Lipinski definition) is 3. The molecule has 1 aromatic heterocycles. The Morgan fingerprint density at radius 2 is 2.04 bits per heavy atom. The SMILES string of the molecule is CCOc1ccc(CC(=O)N2CCCC(c3nccn3CC3CC3)C2)cc1. The van der Waals surface area contributed by atoms with E-state index in [-0.39, 0.29) is 5.91 Å². The van der Waals surface area contributed by atoms with Gasteiger partial charge in [-0.25, -0.2) is 4.98 Å². The summed E-state index contributed by atoms with van der Waals surface area (Å²) in [6, 6.07) is 7.87. The van der Waals surface area contributed by atoms with Gasteiger partial charge in [-0.2, -0.15) is 0 Å². The van der Waals surface area contributed by atoms with Gasteiger partial charge >= 0.3 is 0 Å². The molecule has 144 valence electrons. The number of amides is 1. The van der Waals surface area contributed by atoms with Crippen molar-refractivity contribution in [3.63, 3.8) is 0 Å². The standard InChI is InChI=1S/C22H29N3O2/c1-2-27-20-9-7-17(8-10-20)14-21(26)24-12-3-4-19(16-24)22-23-11-13-25(22)15-18-5-6-18/h7-11,13,18-19H,2-6,12,14-16H2,1H3. The highest BCUT2D eigenvalue weighted by Crippen LogP contribution is 2.33. The summed E-state index contributed by atoms with van der Waals surface area (Å²) < 4.78 is 7.80. The lowest BCUT2D eigenvalue weighted by Crippen LogP contribution is -2.40. The molecule has 1 aromatic carbocycles. The molecule has 4 rings (SSSR count). The third-order valence-corrected chi connectivity index (χ3v) is 5.63. The molecule has 0 spiro atoms. The number of hydrogen-bond donors (Lipinski definition) is 0. The molecule has 2 heterocycles. The number of imidazole rings is 1. The molecule has 0 N–H and O–H groups in total. The van der Waals surface area contributed by atoms with Crippen molar-refractivity contribution in [1.29, 1.82) is 0 Å². The fourth-order valence-electron chi connectivity index (χ4n) is 3.98. The van der Waals surface area contributed by atoms with Gasteiger partial charge in [-0.3, -0.25) is 4.79 Å². The Morgan fingerprint density at radius 3 is 2.78 bits per heavy atom. The van der Waals surface area contributed by atoms with Crippen LogP contribution in [-0.2, 0) is 17.8 Å². The fourth-order valence-corrected chi connectivity index (χ4v) is 3.98. The molecular formula is C22H29N3O2. The monoisotopic (exact) mass is 367 g/mol. The summed E-state index contributed by atoms with van der Waals surface area (Å²) in [5.41, 5.74) is 1.04. The minimum Gasteiger partial charge on any atom is -0.494 e. The van der Waals surface area contributed by atoms with E-state index in [0.29, 0.717) is 18.9 Å². The second kappa shape index (κ2) is 8.15. The quantitative estimate of drug-likeness (QED) is 0.751. The van der Waals surface area contributed by atoms with E-state index in [0.717, 1.165) is 49.7 Å². The Hall–Kier alpha value is -2.30. The Balaban J connectivity index is 1.37. The second-order valence-electron chi connectivity index (χ2n) is 7.81. The van der Waals surface area contributed by atoms with Crippen LogP contribution in [0.5, 0.6) is 5.75 Å². The van der Waals surface area contributed by atoms with Crippen LogP contribution in [0.2, 0.25) is 0 Å². The Kier molecular flexibility index (Phi) is 5.46. The molecule has 5 heteroatoms. The van der Waals surface area contributed by atoms with Crippen LogP contribution in [0.3, 0.4) is 0 Å². The van der Waals surface area contributed by atoms with E-state index >= 15 is 0 Å². The molecule has 1 saturated carbocycles. The average Bonchev–Trinajstić information content (AvgIpc) is 3.38. The van der Waals surface area contributed by atoms with Crippen LogP contribution in [0, 0.1) is 5.92 Å². The van der Waals surface area contributed by atoms with E-state index in [2.05, 4.69) is 15.7 Å². The largest absolute Gasteiger partial charge is 0.494 e. The molecule has 1 atom stereocenters. The van der Waals surface area contributed by atoms with Crippen molar-refractivity contribution in [3.8, 4) is 5.75 Å². The smallest absolute Gasteiger partial charge is 0.227 e. The Labute approximate surface area is 161 Å². The first-order valence-corrected chi connectivity index (χ1v) is 10.2. The van der Waals surface area contributed by atoms with Gasteiger partial charge in [0, 0.05) is 37.9 Å². The topological polar surface area (TPSA) is 47.4 Å². The summed E-state index contributed by atoms with van der Waals surface area (Å²) in [6.07, 6.45) is 9.33. The van der Waals surface area contributed by atoms with E-state index in [1.807, 2.05) is 42.3 Å². The maximum Gasteiger partial charge on any atom is 0.227 e. The highest BCUT2D eigenvalue weighted by molar-refractivity contribution is 5.79. The van der Waals surface area contributed by atoms with Gasteiger partial charge < -0.3 is 14.2 Å². The van der Waals surface area contributed by atoms with Gasteiger partial charge in [0.25, 0.3) is 0 Å². The lowest BCUT2D eigenvalue weighted by molar-refractivity contribution is -0.131. The van der Waals surface area contributed by atoms with Crippen molar-refractivity contribution in [2.45, 2.75) is 51.5 Å². The number of carbonyl (C=O) groups excluding carboxylic acids is 1. The van der Waals surface area contributed by atoms with E-state index in [4.69, 9.17) is 4.74 Å². The van der Waals surface area contributed by atoms with Crippen LogP contribution >= 0.6 is 0 Å². The van der Waals surface area contributed by atoms with Gasteiger partial charge in [0.15, 0.2) is 0 Å². The van der Waals surface area contributed by atoms with Gasteiger partial charge in [-0.05, 0) is 56.2 Å². The van der Waals surface area contributed by atoms with Crippen molar-refractivity contribution < 1.29 is 9.53 Å². The molecule has 1 aliphatic heterocycles. The Bertz CT molecular complexity index is 764. The van der Waals surface area contributed by atoms with Gasteiger partial charge in [0.05, 0.1) is 13.0 Å². The minimum atomic E-state index is 0.212. The zero-order valence-corrected chi connectivity index (χ0v) is 16.1. The Morgan fingerprint density at radius 1 is 1.22 bits per heavy atom. The first-order chi connectivity index (χ1) is 13.2. The molecule has 1 aliphatic carbocycles. The van der Waals surface area contributed by atoms with Crippen LogP contribution in [-0.4, -0.2) is 40.1 Å². The summed E-state index contributed by atoms with van der Waals surface area (Å²) in [4.78, 5) is 19.5. The first-order valence-electron chi connectivity index (χ1n) is 10.2. The van der Waals surface area contributed by atoms with Crippen LogP contribution < -0.4 is 4.74 Å². The molecule has 27 heavy (non-hydrogen) atoms. The summed E-state index contributed by atoms with van der Waals surface area (Å²) in [5.74, 6) is 3.43. The van der Waals surface area contributed by atoms with Crippen LogP contribution in [0.15, 0.2) is 36.7 Å². The summed E-state index contributed by atoms with van der Waals surface area (Å²) >= 11 is 0. The molecule has 0 bridgehead atoms. The lowest BCUT2D eigenvalue weighted by atomic mass is 9.96. The first kappa shape index (κ1) is 18.1. The van der Waals surface area contributed by atoms with Crippen molar-refractivity contribution in [2.24, 2.45) is 5.92 Å². The number of benzene rings is 1. The van der Waals surface area contributed by atoms with E-state index in [1.165, 1.54) is 18.7 Å². The van der Waals surface area contributed by atoms with Crippen molar-refractivity contribution in [2.75, 3.05) is 19.7 Å². The number of ether oxygens (including phenoxy) is 1. The molecule has 2 aliphatic rings. The molecule has 5 nitrogen and oxygen atoms in total. The third kappa shape index (κ3) is 4.52. The molecule has 1 unspecified atom stereocenters. The fraction of sp³-hybridized carbons (Fsp3) is 0.545. The number of likely N-dealkylation sites (tertiary alicyclic amines) is 1. The van der Waals surface area contributed by atoms with Gasteiger partial charge in [0.1, 0.15) is 11.6 Å². The molecule has 1 amide bonds. The summed E-state index contributed by atoms with van der Waals surface area (Å²) in [7, 11) is 0. The maximum atomic E-state index is 12.8. The van der Waals surface area contributed by atoms with Crippen LogP contribution in [0.25, 0.3) is 0 Å². The summed E-state index contributed by atoms with van der Waals surface area (Å²) in [5, 5.41) is 0. The van der Waals surface area contributed by atoms with Crippen molar-refractivity contribution in [3.05, 3.63) is 48.0 Å². The van der Waals surface area contributed by atoms with Crippen molar-refractivity contribution in [1.82, 2.24) is 14.5 Å². The number of rotatable bonds is 7. The molecule has 2 fully saturated rings. The average molecular weight is 367 g/mol. The number of nitrogens with zero attached hydrogens (tertiary/aromatic N) is 3. The predicted octanol–water partition coefficient (Wildman–Crippen LogP) is 3.64. The van der Waals surface area contributed by atoms with E-state index in [1.54, 1.807) is 0 Å². The predicted molar refractivity (Wildman–Crippen MR) is 105 cm³/mol. The molecule has 1 saturated heterocycles. The highest BCUT2D eigenvalue weighted by Gasteiger charge is 2.29. The highest BCUT2D eigenvalue weighted by atomic mass is 16.5. The summed E-state index contributed by atoms with van der Waals surface area (Å²) in [6.45, 7) is 5.36. The zero-order valence-electron chi connectivity index (χ0n) is 16.1. The van der Waals surface area contributed by atoms with Gasteiger partial charge in [-0.15, -0.1) is 0 Å². The van der Waals surface area contributed by atoms with E-state index < -0.39 is 0 Å². The van der Waals surface area contributed by atoms with Crippen LogP contribution in [0.4, 0.5) is 0 Å². The van der Waals surface area contributed by atoms with Gasteiger partial charge in [0.2, 0.25) is 5.91 Å². The number of aromatic nitrogens is 2. The maximum absolute atomic E-state index is 12.8. The number of piperidine rings is 1.